The monoisotopic (exact) mass is 228 g/mol. The van der Waals surface area contributed by atoms with E-state index in [2.05, 4.69) is 17.9 Å². The molecule has 0 unspecified atom stereocenters. The highest BCUT2D eigenvalue weighted by Crippen LogP contribution is 1.95. The SMILES string of the molecule is C=C(C)C(=O)OC.C=C(C)C(=O)OC(C)C. The minimum Gasteiger partial charge on any atom is -0.466 e. The van der Waals surface area contributed by atoms with E-state index in [1.165, 1.54) is 7.11 Å². The average Bonchev–Trinajstić information content (AvgIpc) is 2.16. The largest absolute Gasteiger partial charge is 0.466 e. The van der Waals surface area contributed by atoms with Gasteiger partial charge in [0.25, 0.3) is 0 Å². The van der Waals surface area contributed by atoms with Crippen molar-refractivity contribution in [2.24, 2.45) is 0 Å². The maximum Gasteiger partial charge on any atom is 0.333 e. The van der Waals surface area contributed by atoms with Gasteiger partial charge in [-0.2, -0.15) is 0 Å². The van der Waals surface area contributed by atoms with Gasteiger partial charge in [-0.1, -0.05) is 13.2 Å². The van der Waals surface area contributed by atoms with Crippen LogP contribution in [-0.4, -0.2) is 25.2 Å². The van der Waals surface area contributed by atoms with E-state index in [1.54, 1.807) is 27.7 Å². The summed E-state index contributed by atoms with van der Waals surface area (Å²) in [6.45, 7) is 13.6. The van der Waals surface area contributed by atoms with Crippen LogP contribution in [0.2, 0.25) is 0 Å². The second-order valence-corrected chi connectivity index (χ2v) is 3.51. The van der Waals surface area contributed by atoms with Gasteiger partial charge >= 0.3 is 11.9 Å². The number of carbonyl (C=O) groups is 2. The van der Waals surface area contributed by atoms with Gasteiger partial charge < -0.3 is 9.47 Å². The van der Waals surface area contributed by atoms with Gasteiger partial charge in [0, 0.05) is 11.1 Å². The Morgan fingerprint density at radius 3 is 1.44 bits per heavy atom. The van der Waals surface area contributed by atoms with E-state index >= 15 is 0 Å². The number of hydrogen-bond acceptors (Lipinski definition) is 4. The normalized spacial score (nSPS) is 8.62. The first-order chi connectivity index (χ1) is 7.22. The third-order valence-corrected chi connectivity index (χ3v) is 1.23. The first-order valence-corrected chi connectivity index (χ1v) is 4.82. The van der Waals surface area contributed by atoms with Gasteiger partial charge in [0.15, 0.2) is 0 Å². The molecule has 0 aromatic carbocycles. The van der Waals surface area contributed by atoms with E-state index in [0.717, 1.165) is 0 Å². The summed E-state index contributed by atoms with van der Waals surface area (Å²) in [4.78, 5) is 20.8. The quantitative estimate of drug-likeness (QED) is 0.549. The van der Waals surface area contributed by atoms with Crippen molar-refractivity contribution in [3.63, 3.8) is 0 Å². The molecule has 0 radical (unpaired) electrons. The number of hydrogen-bond donors (Lipinski definition) is 0. The highest BCUT2D eigenvalue weighted by atomic mass is 16.5. The van der Waals surface area contributed by atoms with Crippen molar-refractivity contribution in [2.75, 3.05) is 7.11 Å². The zero-order valence-corrected chi connectivity index (χ0v) is 10.6. The number of ether oxygens (including phenoxy) is 2. The second kappa shape index (κ2) is 8.71. The molecule has 0 rings (SSSR count). The van der Waals surface area contributed by atoms with Gasteiger partial charge in [0.2, 0.25) is 0 Å². The predicted molar refractivity (Wildman–Crippen MR) is 62.9 cm³/mol. The molecule has 0 spiro atoms. The lowest BCUT2D eigenvalue weighted by Gasteiger charge is -2.05. The molecule has 0 saturated carbocycles. The van der Waals surface area contributed by atoms with Gasteiger partial charge in [0.1, 0.15) is 0 Å². The van der Waals surface area contributed by atoms with Crippen LogP contribution in [-0.2, 0) is 19.1 Å². The summed E-state index contributed by atoms with van der Waals surface area (Å²) in [5.74, 6) is -0.662. The molecule has 16 heavy (non-hydrogen) atoms. The molecular formula is C12H20O4. The summed E-state index contributed by atoms with van der Waals surface area (Å²) >= 11 is 0. The molecule has 0 aliphatic heterocycles. The van der Waals surface area contributed by atoms with Gasteiger partial charge in [-0.15, -0.1) is 0 Å². The summed E-state index contributed by atoms with van der Waals surface area (Å²) in [6, 6.07) is 0. The van der Waals surface area contributed by atoms with Crippen molar-refractivity contribution >= 4 is 11.9 Å². The van der Waals surface area contributed by atoms with Crippen molar-refractivity contribution in [2.45, 2.75) is 33.8 Å². The Morgan fingerprint density at radius 2 is 1.38 bits per heavy atom. The molecule has 4 nitrogen and oxygen atoms in total. The van der Waals surface area contributed by atoms with Crippen LogP contribution in [0.4, 0.5) is 0 Å². The summed E-state index contributed by atoms with van der Waals surface area (Å²) < 4.78 is 9.05. The number of rotatable bonds is 3. The molecule has 0 saturated heterocycles. The third-order valence-electron chi connectivity index (χ3n) is 1.23. The number of esters is 2. The lowest BCUT2D eigenvalue weighted by atomic mass is 10.3. The molecule has 0 aliphatic carbocycles. The van der Waals surface area contributed by atoms with E-state index < -0.39 is 0 Å². The van der Waals surface area contributed by atoms with Gasteiger partial charge in [-0.05, 0) is 27.7 Å². The summed E-state index contributed by atoms with van der Waals surface area (Å²) in [5, 5.41) is 0. The zero-order chi connectivity index (χ0) is 13.3. The fourth-order valence-electron chi connectivity index (χ4n) is 0.489. The Morgan fingerprint density at radius 1 is 1.00 bits per heavy atom. The molecule has 0 aromatic rings. The van der Waals surface area contributed by atoms with E-state index in [0.29, 0.717) is 11.1 Å². The fourth-order valence-corrected chi connectivity index (χ4v) is 0.489. The second-order valence-electron chi connectivity index (χ2n) is 3.51. The van der Waals surface area contributed by atoms with Gasteiger partial charge in [-0.25, -0.2) is 9.59 Å². The van der Waals surface area contributed by atoms with Crippen LogP contribution in [0.15, 0.2) is 24.3 Å². The van der Waals surface area contributed by atoms with E-state index in [1.807, 2.05) is 0 Å². The van der Waals surface area contributed by atoms with Crippen LogP contribution in [0.25, 0.3) is 0 Å². The maximum absolute atomic E-state index is 10.6. The van der Waals surface area contributed by atoms with E-state index in [-0.39, 0.29) is 18.0 Å². The Hall–Kier alpha value is -1.58. The van der Waals surface area contributed by atoms with Gasteiger partial charge in [-0.3, -0.25) is 0 Å². The number of carbonyl (C=O) groups excluding carboxylic acids is 2. The van der Waals surface area contributed by atoms with E-state index in [4.69, 9.17) is 4.74 Å². The highest BCUT2D eigenvalue weighted by molar-refractivity contribution is 5.87. The molecule has 0 amide bonds. The lowest BCUT2D eigenvalue weighted by Crippen LogP contribution is -2.11. The smallest absolute Gasteiger partial charge is 0.333 e. The van der Waals surface area contributed by atoms with Gasteiger partial charge in [0.05, 0.1) is 13.2 Å². The van der Waals surface area contributed by atoms with Crippen molar-refractivity contribution < 1.29 is 19.1 Å². The molecule has 0 bridgehead atoms. The van der Waals surface area contributed by atoms with Crippen LogP contribution in [0.3, 0.4) is 0 Å². The maximum atomic E-state index is 10.6. The van der Waals surface area contributed by atoms with Crippen LogP contribution in [0.5, 0.6) is 0 Å². The molecule has 0 fully saturated rings. The average molecular weight is 228 g/mol. The highest BCUT2D eigenvalue weighted by Gasteiger charge is 2.03. The van der Waals surface area contributed by atoms with Crippen LogP contribution in [0.1, 0.15) is 27.7 Å². The Balaban J connectivity index is 0. The Labute approximate surface area is 96.9 Å². The molecule has 0 heterocycles. The first kappa shape index (κ1) is 16.8. The third kappa shape index (κ3) is 10.5. The van der Waals surface area contributed by atoms with E-state index in [9.17, 15) is 9.59 Å². The summed E-state index contributed by atoms with van der Waals surface area (Å²) in [5.41, 5.74) is 0.881. The van der Waals surface area contributed by atoms with Crippen molar-refractivity contribution in [1.82, 2.24) is 0 Å². The van der Waals surface area contributed by atoms with Crippen LogP contribution < -0.4 is 0 Å². The van der Waals surface area contributed by atoms with Crippen molar-refractivity contribution in [3.05, 3.63) is 24.3 Å². The first-order valence-electron chi connectivity index (χ1n) is 4.82. The standard InChI is InChI=1S/C7H12O2.C5H8O2/c1-5(2)7(8)9-6(3)4;1-4(2)5(6)7-3/h6H,1H2,2-4H3;1H2,2-3H3. The molecule has 0 N–H and O–H groups in total. The topological polar surface area (TPSA) is 52.6 Å². The molecule has 0 atom stereocenters. The molecular weight excluding hydrogens is 208 g/mol. The van der Waals surface area contributed by atoms with Crippen LogP contribution >= 0.6 is 0 Å². The molecule has 0 aliphatic rings. The molecule has 92 valence electrons. The van der Waals surface area contributed by atoms with Crippen molar-refractivity contribution in [1.29, 1.82) is 0 Å². The summed E-state index contributed by atoms with van der Waals surface area (Å²) in [6.07, 6.45) is -0.0470. The zero-order valence-electron chi connectivity index (χ0n) is 10.6. The molecule has 4 heteroatoms. The molecule has 0 aromatic heterocycles. The predicted octanol–water partition coefficient (Wildman–Crippen LogP) is 2.25. The fraction of sp³-hybridized carbons (Fsp3) is 0.500. The van der Waals surface area contributed by atoms with Crippen molar-refractivity contribution in [3.8, 4) is 0 Å². The lowest BCUT2D eigenvalue weighted by molar-refractivity contribution is -0.142. The Bertz CT molecular complexity index is 277. The Kier molecular flexibility index (Phi) is 9.16. The summed E-state index contributed by atoms with van der Waals surface area (Å²) in [7, 11) is 1.33. The number of methoxy groups -OCH3 is 1. The van der Waals surface area contributed by atoms with Crippen LogP contribution in [0, 0.1) is 0 Å². The minimum absolute atomic E-state index is 0.0470. The minimum atomic E-state index is -0.347.